The second-order valence-corrected chi connectivity index (χ2v) is 8.46. The van der Waals surface area contributed by atoms with E-state index >= 15 is 0 Å². The molecule has 1 aromatic heterocycles. The van der Waals surface area contributed by atoms with Gasteiger partial charge >= 0.3 is 0 Å². The number of nitrogens with one attached hydrogen (secondary N) is 2. The summed E-state index contributed by atoms with van der Waals surface area (Å²) in [6, 6.07) is 3.71. The van der Waals surface area contributed by atoms with Crippen LogP contribution in [0.25, 0.3) is 0 Å². The molecule has 3 rings (SSSR count). The minimum atomic E-state index is -0.920. The molecule has 146 valence electrons. The summed E-state index contributed by atoms with van der Waals surface area (Å²) in [6.07, 6.45) is 3.16. The summed E-state index contributed by atoms with van der Waals surface area (Å²) >= 11 is 1.71. The van der Waals surface area contributed by atoms with Crippen LogP contribution < -0.4 is 10.6 Å². The van der Waals surface area contributed by atoms with Gasteiger partial charge in [0.15, 0.2) is 11.6 Å². The van der Waals surface area contributed by atoms with Crippen LogP contribution in [0.3, 0.4) is 0 Å². The van der Waals surface area contributed by atoms with Crippen molar-refractivity contribution >= 4 is 17.2 Å². The summed E-state index contributed by atoms with van der Waals surface area (Å²) < 4.78 is 26.3. The normalized spacial score (nSPS) is 19.4. The van der Waals surface area contributed by atoms with Crippen molar-refractivity contribution in [2.75, 3.05) is 6.54 Å². The van der Waals surface area contributed by atoms with Crippen LogP contribution in [-0.4, -0.2) is 23.5 Å². The Morgan fingerprint density at radius 2 is 2.07 bits per heavy atom. The Kier molecular flexibility index (Phi) is 6.55. The molecule has 4 nitrogen and oxygen atoms in total. The molecule has 0 bridgehead atoms. The predicted molar refractivity (Wildman–Crippen MR) is 103 cm³/mol. The van der Waals surface area contributed by atoms with Gasteiger partial charge in [-0.1, -0.05) is 12.5 Å². The molecule has 1 aromatic carbocycles. The first-order chi connectivity index (χ1) is 12.9. The summed E-state index contributed by atoms with van der Waals surface area (Å²) in [5, 5.41) is 7.61. The van der Waals surface area contributed by atoms with Crippen LogP contribution in [0.2, 0.25) is 0 Å². The van der Waals surface area contributed by atoms with Crippen molar-refractivity contribution in [3.8, 4) is 0 Å². The fourth-order valence-electron chi connectivity index (χ4n) is 3.54. The Hall–Kier alpha value is -1.86. The molecule has 1 amide bonds. The maximum absolute atomic E-state index is 13.3. The van der Waals surface area contributed by atoms with Crippen LogP contribution in [-0.2, 0) is 17.8 Å². The molecule has 0 aliphatic heterocycles. The number of carbonyl (C=O) groups excluding carboxylic acids is 1. The van der Waals surface area contributed by atoms with E-state index in [0.717, 1.165) is 55.2 Å². The molecule has 1 saturated carbocycles. The molecule has 7 heteroatoms. The SMILES string of the molecule is Cc1nc(CNCC2CCCC2NC(=O)Cc2ccc(F)c(F)c2)sc1C. The molecule has 1 aliphatic rings. The number of nitrogens with zero attached hydrogens (tertiary/aromatic N) is 1. The van der Waals surface area contributed by atoms with Gasteiger partial charge in [-0.05, 0) is 50.3 Å². The number of thiazole rings is 1. The number of benzene rings is 1. The summed E-state index contributed by atoms with van der Waals surface area (Å²) in [4.78, 5) is 18.1. The van der Waals surface area contributed by atoms with Crippen LogP contribution in [0.15, 0.2) is 18.2 Å². The molecule has 0 radical (unpaired) electrons. The summed E-state index contributed by atoms with van der Waals surface area (Å²) in [5.41, 5.74) is 1.56. The van der Waals surface area contributed by atoms with Crippen LogP contribution in [0.4, 0.5) is 8.78 Å². The van der Waals surface area contributed by atoms with Crippen molar-refractivity contribution in [1.82, 2.24) is 15.6 Å². The van der Waals surface area contributed by atoms with Gasteiger partial charge in [0.05, 0.1) is 12.1 Å². The van der Waals surface area contributed by atoms with E-state index in [0.29, 0.717) is 11.5 Å². The first-order valence-electron chi connectivity index (χ1n) is 9.29. The van der Waals surface area contributed by atoms with Crippen molar-refractivity contribution in [2.45, 2.75) is 52.1 Å². The Bertz CT molecular complexity index is 789. The standard InChI is InChI=1S/C20H25F2N3OS/c1-12-13(2)27-20(24-12)11-23-10-15-4-3-5-18(15)25-19(26)9-14-6-7-16(21)17(22)8-14/h6-8,15,18,23H,3-5,9-11H2,1-2H3,(H,25,26). The number of aromatic nitrogens is 1. The topological polar surface area (TPSA) is 54.0 Å². The quantitative estimate of drug-likeness (QED) is 0.755. The van der Waals surface area contributed by atoms with Gasteiger partial charge in [-0.25, -0.2) is 13.8 Å². The van der Waals surface area contributed by atoms with Crippen LogP contribution in [0.5, 0.6) is 0 Å². The molecule has 1 fully saturated rings. The van der Waals surface area contributed by atoms with Gasteiger partial charge in [-0.2, -0.15) is 0 Å². The zero-order chi connectivity index (χ0) is 19.4. The van der Waals surface area contributed by atoms with E-state index in [2.05, 4.69) is 22.5 Å². The highest BCUT2D eigenvalue weighted by Gasteiger charge is 2.28. The highest BCUT2D eigenvalue weighted by atomic mass is 32.1. The molecular weight excluding hydrogens is 368 g/mol. The number of aryl methyl sites for hydroxylation is 2. The number of halogens is 2. The zero-order valence-corrected chi connectivity index (χ0v) is 16.5. The van der Waals surface area contributed by atoms with Gasteiger partial charge in [0.2, 0.25) is 5.91 Å². The van der Waals surface area contributed by atoms with E-state index in [1.165, 1.54) is 10.9 Å². The first-order valence-corrected chi connectivity index (χ1v) is 10.1. The van der Waals surface area contributed by atoms with E-state index in [4.69, 9.17) is 0 Å². The third kappa shape index (κ3) is 5.32. The van der Waals surface area contributed by atoms with Gasteiger partial charge in [-0.3, -0.25) is 4.79 Å². The lowest BCUT2D eigenvalue weighted by Gasteiger charge is -2.21. The van der Waals surface area contributed by atoms with Gasteiger partial charge in [0, 0.05) is 24.0 Å². The maximum atomic E-state index is 13.3. The van der Waals surface area contributed by atoms with Crippen LogP contribution in [0, 0.1) is 31.4 Å². The number of hydrogen-bond donors (Lipinski definition) is 2. The minimum absolute atomic E-state index is 0.0610. The number of rotatable bonds is 7. The summed E-state index contributed by atoms with van der Waals surface area (Å²) in [6.45, 7) is 5.66. The number of hydrogen-bond acceptors (Lipinski definition) is 4. The monoisotopic (exact) mass is 393 g/mol. The first kappa shape index (κ1) is 19.9. The van der Waals surface area contributed by atoms with Crippen molar-refractivity contribution in [3.63, 3.8) is 0 Å². The second-order valence-electron chi connectivity index (χ2n) is 7.17. The maximum Gasteiger partial charge on any atom is 0.224 e. The average Bonchev–Trinajstić information content (AvgIpc) is 3.17. The van der Waals surface area contributed by atoms with Crippen molar-refractivity contribution in [1.29, 1.82) is 0 Å². The lowest BCUT2D eigenvalue weighted by Crippen LogP contribution is -2.41. The van der Waals surface area contributed by atoms with Gasteiger partial charge in [-0.15, -0.1) is 11.3 Å². The van der Waals surface area contributed by atoms with E-state index < -0.39 is 11.6 Å². The predicted octanol–water partition coefficient (Wildman–Crippen LogP) is 3.66. The van der Waals surface area contributed by atoms with E-state index in [9.17, 15) is 13.6 Å². The molecule has 27 heavy (non-hydrogen) atoms. The van der Waals surface area contributed by atoms with Crippen molar-refractivity contribution in [3.05, 3.63) is 51.0 Å². The number of carbonyl (C=O) groups is 1. The molecule has 2 aromatic rings. The van der Waals surface area contributed by atoms with Crippen molar-refractivity contribution in [2.24, 2.45) is 5.92 Å². The Morgan fingerprint density at radius 1 is 1.26 bits per heavy atom. The fourth-order valence-corrected chi connectivity index (χ4v) is 4.45. The molecule has 0 spiro atoms. The lowest BCUT2D eigenvalue weighted by atomic mass is 10.0. The summed E-state index contributed by atoms with van der Waals surface area (Å²) in [7, 11) is 0. The van der Waals surface area contributed by atoms with E-state index in [-0.39, 0.29) is 18.4 Å². The van der Waals surface area contributed by atoms with Crippen LogP contribution in [0.1, 0.15) is 40.4 Å². The third-order valence-electron chi connectivity index (χ3n) is 5.11. The Balaban J connectivity index is 1.47. The van der Waals surface area contributed by atoms with Gasteiger partial charge in [0.1, 0.15) is 5.01 Å². The zero-order valence-electron chi connectivity index (χ0n) is 15.6. The third-order valence-corrected chi connectivity index (χ3v) is 6.18. The summed E-state index contributed by atoms with van der Waals surface area (Å²) in [5.74, 6) is -1.59. The molecular formula is C20H25F2N3OS. The molecule has 0 saturated heterocycles. The highest BCUT2D eigenvalue weighted by Crippen LogP contribution is 2.25. The van der Waals surface area contributed by atoms with Gasteiger partial charge < -0.3 is 10.6 Å². The van der Waals surface area contributed by atoms with Gasteiger partial charge in [0.25, 0.3) is 0 Å². The fraction of sp³-hybridized carbons (Fsp3) is 0.500. The largest absolute Gasteiger partial charge is 0.353 e. The highest BCUT2D eigenvalue weighted by molar-refractivity contribution is 7.11. The molecule has 1 aliphatic carbocycles. The van der Waals surface area contributed by atoms with Crippen molar-refractivity contribution < 1.29 is 13.6 Å². The smallest absolute Gasteiger partial charge is 0.224 e. The average molecular weight is 394 g/mol. The Labute approximate surface area is 162 Å². The Morgan fingerprint density at radius 3 is 2.78 bits per heavy atom. The van der Waals surface area contributed by atoms with Crippen LogP contribution >= 0.6 is 11.3 Å². The number of amides is 1. The molecule has 2 unspecified atom stereocenters. The lowest BCUT2D eigenvalue weighted by molar-refractivity contribution is -0.121. The molecule has 1 heterocycles. The van der Waals surface area contributed by atoms with E-state index in [1.807, 2.05) is 6.92 Å². The molecule has 2 atom stereocenters. The molecule has 2 N–H and O–H groups in total. The minimum Gasteiger partial charge on any atom is -0.353 e. The van der Waals surface area contributed by atoms with E-state index in [1.54, 1.807) is 11.3 Å². The second kappa shape index (κ2) is 8.89.